The fourth-order valence-electron chi connectivity index (χ4n) is 1.51. The van der Waals surface area contributed by atoms with Gasteiger partial charge in [-0.1, -0.05) is 29.3 Å². The Morgan fingerprint density at radius 3 is 2.68 bits per heavy atom. The number of pyridine rings is 1. The summed E-state index contributed by atoms with van der Waals surface area (Å²) in [6.45, 7) is 0. The molecule has 1 heterocycles. The summed E-state index contributed by atoms with van der Waals surface area (Å²) in [5.74, 6) is 6.05. The molecular weight excluding hydrogens is 285 g/mol. The van der Waals surface area contributed by atoms with Crippen LogP contribution in [0, 0.1) is 0 Å². The number of benzene rings is 1. The van der Waals surface area contributed by atoms with E-state index in [4.69, 9.17) is 34.8 Å². The summed E-state index contributed by atoms with van der Waals surface area (Å²) in [5, 5.41) is 7.47. The fraction of sp³-hybridized carbons (Fsp3) is 0. The van der Waals surface area contributed by atoms with E-state index in [2.05, 4.69) is 15.4 Å². The van der Waals surface area contributed by atoms with Gasteiger partial charge in [0.25, 0.3) is 0 Å². The molecule has 7 heteroatoms. The number of nitrogens with one attached hydrogen (secondary N) is 1. The number of nitrogens with zero attached hydrogens (tertiary/aromatic N) is 2. The van der Waals surface area contributed by atoms with E-state index in [1.165, 1.54) is 0 Å². The normalized spacial score (nSPS) is 11.4. The first kappa shape index (κ1) is 13.5. The number of hydrazone groups is 1. The van der Waals surface area contributed by atoms with Crippen molar-refractivity contribution in [3.63, 3.8) is 0 Å². The molecule has 0 aliphatic rings. The van der Waals surface area contributed by atoms with Gasteiger partial charge in [-0.15, -0.1) is 0 Å². The van der Waals surface area contributed by atoms with Crippen molar-refractivity contribution < 1.29 is 0 Å². The number of aromatic nitrogens is 1. The Morgan fingerprint density at radius 2 is 2.00 bits per heavy atom. The smallest absolute Gasteiger partial charge is 0.161 e. The maximum Gasteiger partial charge on any atom is 0.161 e. The van der Waals surface area contributed by atoms with Crippen LogP contribution in [0.15, 0.2) is 41.6 Å². The fourth-order valence-corrected chi connectivity index (χ4v) is 1.86. The highest BCUT2D eigenvalue weighted by Gasteiger charge is 2.11. The standard InChI is InChI=1S/C12H11Cl2N5/c13-8-4-1-5-9(10(8)14)18-12(19-16)7-3-2-6-17-11(7)15/h1-6H,16H2,(H2,15,17)(H,18,19). The molecule has 2 rings (SSSR count). The third-order valence-corrected chi connectivity index (χ3v) is 3.25. The summed E-state index contributed by atoms with van der Waals surface area (Å²) in [6, 6.07) is 8.69. The molecule has 1 aromatic heterocycles. The molecule has 0 bridgehead atoms. The van der Waals surface area contributed by atoms with Crippen LogP contribution in [0.1, 0.15) is 5.56 Å². The van der Waals surface area contributed by atoms with Crippen LogP contribution in [-0.2, 0) is 0 Å². The number of rotatable bonds is 2. The summed E-state index contributed by atoms with van der Waals surface area (Å²) in [7, 11) is 0. The summed E-state index contributed by atoms with van der Waals surface area (Å²) < 4.78 is 0. The van der Waals surface area contributed by atoms with Gasteiger partial charge in [-0.2, -0.15) is 5.10 Å². The van der Waals surface area contributed by atoms with Gasteiger partial charge in [0, 0.05) is 6.20 Å². The van der Waals surface area contributed by atoms with Crippen LogP contribution >= 0.6 is 23.2 Å². The van der Waals surface area contributed by atoms with Crippen LogP contribution in [0.25, 0.3) is 0 Å². The van der Waals surface area contributed by atoms with Gasteiger partial charge in [-0.3, -0.25) is 0 Å². The molecule has 0 radical (unpaired) electrons. The maximum atomic E-state index is 6.08. The van der Waals surface area contributed by atoms with Gasteiger partial charge < -0.3 is 16.9 Å². The molecule has 0 aliphatic heterocycles. The molecule has 1 aromatic carbocycles. The largest absolute Gasteiger partial charge is 0.383 e. The molecule has 5 nitrogen and oxygen atoms in total. The number of anilines is 2. The van der Waals surface area contributed by atoms with Gasteiger partial charge in [0.05, 0.1) is 21.3 Å². The Bertz CT molecular complexity index is 627. The monoisotopic (exact) mass is 295 g/mol. The molecule has 0 unspecified atom stereocenters. The van der Waals surface area contributed by atoms with Gasteiger partial charge >= 0.3 is 0 Å². The molecule has 19 heavy (non-hydrogen) atoms. The SMILES string of the molecule is N/N=C(/Nc1cccc(Cl)c1Cl)c1cccnc1N. The van der Waals surface area contributed by atoms with Crippen molar-refractivity contribution in [2.45, 2.75) is 0 Å². The van der Waals surface area contributed by atoms with Crippen LogP contribution in [0.2, 0.25) is 10.0 Å². The van der Waals surface area contributed by atoms with Crippen LogP contribution in [0.4, 0.5) is 11.5 Å². The summed E-state index contributed by atoms with van der Waals surface area (Å²) in [6.07, 6.45) is 1.58. The lowest BCUT2D eigenvalue weighted by atomic mass is 10.2. The first-order valence-electron chi connectivity index (χ1n) is 5.33. The molecule has 5 N–H and O–H groups in total. The Kier molecular flexibility index (Phi) is 4.09. The number of amidine groups is 1. The van der Waals surface area contributed by atoms with Crippen molar-refractivity contribution in [1.29, 1.82) is 0 Å². The molecule has 0 fully saturated rings. The predicted octanol–water partition coefficient (Wildman–Crippen LogP) is 2.70. The molecule has 0 aliphatic carbocycles. The van der Waals surface area contributed by atoms with E-state index in [1.807, 2.05) is 0 Å². The van der Waals surface area contributed by atoms with Gasteiger partial charge in [-0.25, -0.2) is 4.98 Å². The highest BCUT2D eigenvalue weighted by atomic mass is 35.5. The first-order valence-corrected chi connectivity index (χ1v) is 6.09. The first-order chi connectivity index (χ1) is 9.13. The average molecular weight is 296 g/mol. The van der Waals surface area contributed by atoms with Gasteiger partial charge in [0.15, 0.2) is 5.84 Å². The minimum absolute atomic E-state index is 0.317. The molecule has 0 amide bonds. The lowest BCUT2D eigenvalue weighted by Gasteiger charge is -2.12. The Hall–Kier alpha value is -1.98. The number of hydrogen-bond donors (Lipinski definition) is 3. The number of nitrogens with two attached hydrogens (primary N) is 2. The van der Waals surface area contributed by atoms with Crippen LogP contribution in [0.5, 0.6) is 0 Å². The second-order valence-corrected chi connectivity index (χ2v) is 4.43. The van der Waals surface area contributed by atoms with Crippen molar-refractivity contribution in [3.05, 3.63) is 52.1 Å². The maximum absolute atomic E-state index is 6.08. The van der Waals surface area contributed by atoms with E-state index in [-0.39, 0.29) is 0 Å². The van der Waals surface area contributed by atoms with E-state index >= 15 is 0 Å². The Balaban J connectivity index is 2.36. The topological polar surface area (TPSA) is 89.3 Å². The van der Waals surface area contributed by atoms with Crippen molar-refractivity contribution in [1.82, 2.24) is 4.98 Å². The van der Waals surface area contributed by atoms with Crippen LogP contribution in [-0.4, -0.2) is 10.8 Å². The van der Waals surface area contributed by atoms with Gasteiger partial charge in [0.1, 0.15) is 5.82 Å². The quantitative estimate of drug-likeness (QED) is 0.344. The second kappa shape index (κ2) is 5.77. The van der Waals surface area contributed by atoms with Crippen molar-refractivity contribution in [3.8, 4) is 0 Å². The lowest BCUT2D eigenvalue weighted by Crippen LogP contribution is -2.18. The van der Waals surface area contributed by atoms with Crippen LogP contribution < -0.4 is 16.9 Å². The van der Waals surface area contributed by atoms with E-state index < -0.39 is 0 Å². The molecular formula is C12H11Cl2N5. The second-order valence-electron chi connectivity index (χ2n) is 3.64. The summed E-state index contributed by atoms with van der Waals surface area (Å²) in [4.78, 5) is 3.97. The van der Waals surface area contributed by atoms with Crippen LogP contribution in [0.3, 0.4) is 0 Å². The number of nitrogen functional groups attached to an aromatic ring is 1. The summed E-state index contributed by atoms with van der Waals surface area (Å²) in [5.41, 5.74) is 6.94. The minimum atomic E-state index is 0.317. The third-order valence-electron chi connectivity index (χ3n) is 2.43. The average Bonchev–Trinajstić information content (AvgIpc) is 2.41. The molecule has 0 atom stereocenters. The molecule has 2 aromatic rings. The number of halogens is 2. The van der Waals surface area contributed by atoms with Gasteiger partial charge in [0.2, 0.25) is 0 Å². The molecule has 0 saturated heterocycles. The minimum Gasteiger partial charge on any atom is -0.383 e. The van der Waals surface area contributed by atoms with Gasteiger partial charge in [-0.05, 0) is 24.3 Å². The Labute approximate surface area is 120 Å². The van der Waals surface area contributed by atoms with Crippen molar-refractivity contribution in [2.24, 2.45) is 10.9 Å². The zero-order valence-electron chi connectivity index (χ0n) is 9.77. The lowest BCUT2D eigenvalue weighted by molar-refractivity contribution is 1.23. The highest BCUT2D eigenvalue weighted by molar-refractivity contribution is 6.44. The predicted molar refractivity (Wildman–Crippen MR) is 79.5 cm³/mol. The zero-order chi connectivity index (χ0) is 13.8. The molecule has 98 valence electrons. The zero-order valence-corrected chi connectivity index (χ0v) is 11.3. The van der Waals surface area contributed by atoms with E-state index in [9.17, 15) is 0 Å². The van der Waals surface area contributed by atoms with E-state index in [0.717, 1.165) is 0 Å². The van der Waals surface area contributed by atoms with E-state index in [1.54, 1.807) is 36.5 Å². The van der Waals surface area contributed by atoms with E-state index in [0.29, 0.717) is 32.9 Å². The third kappa shape index (κ3) is 2.89. The Morgan fingerprint density at radius 1 is 1.21 bits per heavy atom. The summed E-state index contributed by atoms with van der Waals surface area (Å²) >= 11 is 12.0. The number of hydrogen-bond acceptors (Lipinski definition) is 4. The molecule has 0 spiro atoms. The highest BCUT2D eigenvalue weighted by Crippen LogP contribution is 2.30. The molecule has 0 saturated carbocycles. The van der Waals surface area contributed by atoms with Crippen molar-refractivity contribution >= 4 is 40.5 Å². The van der Waals surface area contributed by atoms with Crippen molar-refractivity contribution in [2.75, 3.05) is 11.1 Å².